The Balaban J connectivity index is 1.49. The first-order valence-electron chi connectivity index (χ1n) is 9.76. The normalized spacial score (nSPS) is 18.7. The van der Waals surface area contributed by atoms with Crippen molar-refractivity contribution in [3.05, 3.63) is 59.8 Å². The number of hydrogen-bond donors (Lipinski definition) is 2. The molecule has 31 heavy (non-hydrogen) atoms. The number of anilines is 1. The highest BCUT2D eigenvalue weighted by Crippen LogP contribution is 2.31. The summed E-state index contributed by atoms with van der Waals surface area (Å²) in [5.74, 6) is 0.00196. The summed E-state index contributed by atoms with van der Waals surface area (Å²) in [6.45, 7) is 1.57. The number of halogens is 3. The molecule has 8 nitrogen and oxygen atoms in total. The van der Waals surface area contributed by atoms with E-state index < -0.39 is 11.7 Å². The van der Waals surface area contributed by atoms with Crippen LogP contribution in [0.4, 0.5) is 19.0 Å². The minimum atomic E-state index is -4.44. The Morgan fingerprint density at radius 2 is 1.87 bits per heavy atom. The highest BCUT2D eigenvalue weighted by atomic mass is 19.4. The van der Waals surface area contributed by atoms with E-state index in [0.29, 0.717) is 17.1 Å². The van der Waals surface area contributed by atoms with Crippen LogP contribution in [0.1, 0.15) is 40.9 Å². The average molecular weight is 431 g/mol. The second-order valence-corrected chi connectivity index (χ2v) is 7.34. The van der Waals surface area contributed by atoms with Gasteiger partial charge in [-0.25, -0.2) is 9.97 Å². The van der Waals surface area contributed by atoms with Gasteiger partial charge in [-0.15, -0.1) is 4.80 Å². The minimum absolute atomic E-state index is 0.165. The summed E-state index contributed by atoms with van der Waals surface area (Å²) in [5.41, 5.74) is 0.242. The second kappa shape index (κ2) is 8.32. The first kappa shape index (κ1) is 20.8. The second-order valence-electron chi connectivity index (χ2n) is 7.34. The molecule has 0 radical (unpaired) electrons. The van der Waals surface area contributed by atoms with Gasteiger partial charge in [0.25, 0.3) is 5.91 Å². The number of nitrogens with one attached hydrogen (secondary N) is 2. The van der Waals surface area contributed by atoms with Gasteiger partial charge < -0.3 is 10.6 Å². The number of amides is 1. The third-order valence-electron chi connectivity index (χ3n) is 5.20. The van der Waals surface area contributed by atoms with Crippen molar-refractivity contribution < 1.29 is 18.0 Å². The molecule has 0 aliphatic heterocycles. The van der Waals surface area contributed by atoms with Crippen LogP contribution in [0.2, 0.25) is 0 Å². The number of nitrogens with zero attached hydrogens (tertiary/aromatic N) is 5. The number of carbonyl (C=O) groups is 1. The number of carbonyl (C=O) groups excluding carboxylic acids is 1. The van der Waals surface area contributed by atoms with Gasteiger partial charge in [0.05, 0.1) is 18.0 Å². The Bertz CT molecular complexity index is 1070. The maximum absolute atomic E-state index is 12.9. The summed E-state index contributed by atoms with van der Waals surface area (Å²) in [5, 5.41) is 14.3. The Kier molecular flexibility index (Phi) is 5.57. The standard InChI is InChI=1S/C20H20F3N7O/c1-12-10-13(20(21,22)23)11-25-18(12)28-14-4-2-5-15(14)29-19(31)17-16(6-3-7-24-17)30-26-8-9-27-30/h3,6-11,14-15H,2,4-5H2,1H3,(H,25,28)(H,29,31)/t14-,15?/m0/s1. The van der Waals surface area contributed by atoms with Gasteiger partial charge in [-0.05, 0) is 49.9 Å². The zero-order chi connectivity index (χ0) is 22.0. The van der Waals surface area contributed by atoms with Crippen molar-refractivity contribution in [3.8, 4) is 5.69 Å². The maximum Gasteiger partial charge on any atom is 0.417 e. The molecule has 0 aromatic carbocycles. The Hall–Kier alpha value is -3.50. The van der Waals surface area contributed by atoms with Crippen molar-refractivity contribution in [2.24, 2.45) is 0 Å². The predicted molar refractivity (Wildman–Crippen MR) is 106 cm³/mol. The average Bonchev–Trinajstić information content (AvgIpc) is 3.41. The van der Waals surface area contributed by atoms with Crippen LogP contribution in [-0.2, 0) is 6.18 Å². The molecule has 11 heteroatoms. The van der Waals surface area contributed by atoms with Crippen molar-refractivity contribution >= 4 is 11.7 Å². The van der Waals surface area contributed by atoms with Gasteiger partial charge in [-0.3, -0.25) is 4.79 Å². The summed E-state index contributed by atoms with van der Waals surface area (Å²) >= 11 is 0. The topological polar surface area (TPSA) is 97.6 Å². The molecular weight excluding hydrogens is 411 g/mol. The first-order chi connectivity index (χ1) is 14.8. The Morgan fingerprint density at radius 3 is 2.58 bits per heavy atom. The number of alkyl halides is 3. The van der Waals surface area contributed by atoms with Gasteiger partial charge in [-0.1, -0.05) is 0 Å². The highest BCUT2D eigenvalue weighted by molar-refractivity contribution is 5.95. The third-order valence-corrected chi connectivity index (χ3v) is 5.20. The lowest BCUT2D eigenvalue weighted by molar-refractivity contribution is -0.137. The smallest absolute Gasteiger partial charge is 0.365 e. The van der Waals surface area contributed by atoms with Crippen LogP contribution in [0.5, 0.6) is 0 Å². The number of rotatable bonds is 5. The largest absolute Gasteiger partial charge is 0.417 e. The van der Waals surface area contributed by atoms with E-state index in [1.54, 1.807) is 19.1 Å². The molecule has 3 aromatic heterocycles. The molecule has 1 aliphatic rings. The SMILES string of the molecule is Cc1cc(C(F)(F)F)cnc1N[C@H]1CCCC1NC(=O)c1ncccc1-n1nccn1. The predicted octanol–water partition coefficient (Wildman–Crippen LogP) is 3.15. The molecule has 0 bridgehead atoms. The van der Waals surface area contributed by atoms with E-state index in [1.165, 1.54) is 23.4 Å². The highest BCUT2D eigenvalue weighted by Gasteiger charge is 2.33. The van der Waals surface area contributed by atoms with E-state index in [4.69, 9.17) is 0 Å². The quantitative estimate of drug-likeness (QED) is 0.644. The maximum atomic E-state index is 12.9. The van der Waals surface area contributed by atoms with E-state index in [2.05, 4.69) is 30.8 Å². The summed E-state index contributed by atoms with van der Waals surface area (Å²) in [4.78, 5) is 22.4. The van der Waals surface area contributed by atoms with Crippen molar-refractivity contribution in [3.63, 3.8) is 0 Å². The van der Waals surface area contributed by atoms with Gasteiger partial charge in [0.15, 0.2) is 5.69 Å². The molecule has 0 spiro atoms. The van der Waals surface area contributed by atoms with Crippen LogP contribution in [0.15, 0.2) is 43.0 Å². The first-order valence-corrected chi connectivity index (χ1v) is 9.76. The number of pyridine rings is 2. The zero-order valence-electron chi connectivity index (χ0n) is 16.6. The van der Waals surface area contributed by atoms with Crippen LogP contribution in [0.25, 0.3) is 5.69 Å². The lowest BCUT2D eigenvalue weighted by Crippen LogP contribution is -2.44. The molecule has 3 aromatic rings. The zero-order valence-corrected chi connectivity index (χ0v) is 16.6. The Labute approximate surface area is 175 Å². The molecule has 1 fully saturated rings. The monoisotopic (exact) mass is 431 g/mol. The van der Waals surface area contributed by atoms with Crippen LogP contribution in [0, 0.1) is 6.92 Å². The fourth-order valence-electron chi connectivity index (χ4n) is 3.67. The van der Waals surface area contributed by atoms with Crippen molar-refractivity contribution in [2.45, 2.75) is 44.4 Å². The summed E-state index contributed by atoms with van der Waals surface area (Å²) < 4.78 is 38.6. The van der Waals surface area contributed by atoms with E-state index in [9.17, 15) is 18.0 Å². The van der Waals surface area contributed by atoms with Gasteiger partial charge in [-0.2, -0.15) is 23.4 Å². The summed E-state index contributed by atoms with van der Waals surface area (Å²) in [6.07, 6.45) is 3.24. The molecule has 1 saturated carbocycles. The number of aromatic nitrogens is 5. The summed E-state index contributed by atoms with van der Waals surface area (Å²) in [7, 11) is 0. The van der Waals surface area contributed by atoms with Crippen LogP contribution in [-0.4, -0.2) is 43.0 Å². The van der Waals surface area contributed by atoms with E-state index in [-0.39, 0.29) is 23.7 Å². The van der Waals surface area contributed by atoms with E-state index in [0.717, 1.165) is 31.5 Å². The molecule has 162 valence electrons. The lowest BCUT2D eigenvalue weighted by atomic mass is 10.1. The van der Waals surface area contributed by atoms with Gasteiger partial charge >= 0.3 is 6.18 Å². The van der Waals surface area contributed by atoms with Crippen molar-refractivity contribution in [2.75, 3.05) is 5.32 Å². The third kappa shape index (κ3) is 4.49. The Morgan fingerprint density at radius 1 is 1.13 bits per heavy atom. The molecule has 1 unspecified atom stereocenters. The van der Waals surface area contributed by atoms with E-state index in [1.807, 2.05) is 0 Å². The molecule has 2 N–H and O–H groups in total. The minimum Gasteiger partial charge on any atom is -0.365 e. The summed E-state index contributed by atoms with van der Waals surface area (Å²) in [6, 6.07) is 4.06. The molecule has 1 amide bonds. The van der Waals surface area contributed by atoms with E-state index >= 15 is 0 Å². The number of hydrogen-bond acceptors (Lipinski definition) is 6. The van der Waals surface area contributed by atoms with Gasteiger partial charge in [0, 0.05) is 24.5 Å². The van der Waals surface area contributed by atoms with Crippen LogP contribution in [0.3, 0.4) is 0 Å². The van der Waals surface area contributed by atoms with Gasteiger partial charge in [0.1, 0.15) is 11.5 Å². The molecule has 4 rings (SSSR count). The number of aryl methyl sites for hydroxylation is 1. The van der Waals surface area contributed by atoms with Crippen LogP contribution >= 0.6 is 0 Å². The molecule has 2 atom stereocenters. The molecular formula is C20H20F3N7O. The van der Waals surface area contributed by atoms with Crippen LogP contribution < -0.4 is 10.6 Å². The lowest BCUT2D eigenvalue weighted by Gasteiger charge is -2.24. The van der Waals surface area contributed by atoms with Crippen molar-refractivity contribution in [1.29, 1.82) is 0 Å². The van der Waals surface area contributed by atoms with Crippen molar-refractivity contribution in [1.82, 2.24) is 30.3 Å². The fraction of sp³-hybridized carbons (Fsp3) is 0.350. The fourth-order valence-corrected chi connectivity index (χ4v) is 3.67. The molecule has 3 heterocycles. The van der Waals surface area contributed by atoms with Gasteiger partial charge in [0.2, 0.25) is 0 Å². The molecule has 0 saturated heterocycles. The molecule has 1 aliphatic carbocycles.